The highest BCUT2D eigenvalue weighted by Gasteiger charge is 2.13. The van der Waals surface area contributed by atoms with Gasteiger partial charge in [-0.2, -0.15) is 0 Å². The fraction of sp³-hybridized carbons (Fsp3) is 0.0909. The average Bonchev–Trinajstić information content (AvgIpc) is 2.74. The minimum atomic E-state index is -0.546. The molecule has 0 spiro atoms. The smallest absolute Gasteiger partial charge is 0.259 e. The second-order valence-corrected chi connectivity index (χ2v) is 3.28. The van der Waals surface area contributed by atoms with Crippen molar-refractivity contribution in [2.24, 2.45) is 0 Å². The molecule has 16 heavy (non-hydrogen) atoms. The standard InChI is InChI=1S/C11H9FN2O2/c1-7-3-2-4-8(10(7)12)11(15)13-9-5-6-16-14-9/h2-6H,1H3,(H,13,14,15). The third-order valence-corrected chi connectivity index (χ3v) is 2.12. The number of nitrogens with zero attached hydrogens (tertiary/aromatic N) is 1. The molecule has 1 amide bonds. The van der Waals surface area contributed by atoms with E-state index in [1.54, 1.807) is 19.1 Å². The molecule has 5 heteroatoms. The summed E-state index contributed by atoms with van der Waals surface area (Å²) >= 11 is 0. The van der Waals surface area contributed by atoms with Crippen LogP contribution in [-0.4, -0.2) is 11.1 Å². The van der Waals surface area contributed by atoms with Crippen LogP contribution in [0.1, 0.15) is 15.9 Å². The number of halogens is 1. The number of rotatable bonds is 2. The molecule has 0 aliphatic rings. The molecule has 0 aliphatic carbocycles. The highest BCUT2D eigenvalue weighted by atomic mass is 19.1. The molecule has 1 heterocycles. The number of amides is 1. The molecule has 0 saturated heterocycles. The van der Waals surface area contributed by atoms with Gasteiger partial charge >= 0.3 is 0 Å². The summed E-state index contributed by atoms with van der Waals surface area (Å²) in [6.45, 7) is 1.60. The number of aromatic nitrogens is 1. The third kappa shape index (κ3) is 1.93. The zero-order chi connectivity index (χ0) is 11.5. The third-order valence-electron chi connectivity index (χ3n) is 2.12. The van der Waals surface area contributed by atoms with Gasteiger partial charge in [-0.25, -0.2) is 4.39 Å². The lowest BCUT2D eigenvalue weighted by Crippen LogP contribution is -2.14. The Labute approximate surface area is 91.1 Å². The Kier molecular flexibility index (Phi) is 2.68. The number of anilines is 1. The number of benzene rings is 1. The molecular formula is C11H9FN2O2. The maximum Gasteiger partial charge on any atom is 0.259 e. The quantitative estimate of drug-likeness (QED) is 0.845. The number of hydrogen-bond acceptors (Lipinski definition) is 3. The van der Waals surface area contributed by atoms with Crippen LogP contribution in [0.5, 0.6) is 0 Å². The van der Waals surface area contributed by atoms with Crippen LogP contribution in [0.25, 0.3) is 0 Å². The highest BCUT2D eigenvalue weighted by molar-refractivity contribution is 6.04. The molecule has 1 aromatic heterocycles. The Bertz CT molecular complexity index is 509. The Morgan fingerprint density at radius 2 is 2.25 bits per heavy atom. The topological polar surface area (TPSA) is 55.1 Å². The van der Waals surface area contributed by atoms with E-state index in [1.807, 2.05) is 0 Å². The van der Waals surface area contributed by atoms with Crippen LogP contribution in [0.15, 0.2) is 35.1 Å². The van der Waals surface area contributed by atoms with Gasteiger partial charge < -0.3 is 9.84 Å². The Balaban J connectivity index is 2.24. The van der Waals surface area contributed by atoms with E-state index in [2.05, 4.69) is 15.0 Å². The second-order valence-electron chi connectivity index (χ2n) is 3.28. The summed E-state index contributed by atoms with van der Waals surface area (Å²) in [6, 6.07) is 6.11. The maximum absolute atomic E-state index is 13.6. The van der Waals surface area contributed by atoms with Gasteiger partial charge in [-0.1, -0.05) is 17.3 Å². The molecule has 1 N–H and O–H groups in total. The molecule has 2 rings (SSSR count). The summed E-state index contributed by atoms with van der Waals surface area (Å²) in [4.78, 5) is 11.7. The molecule has 0 radical (unpaired) electrons. The first-order chi connectivity index (χ1) is 7.68. The predicted octanol–water partition coefficient (Wildman–Crippen LogP) is 2.37. The van der Waals surface area contributed by atoms with E-state index in [1.165, 1.54) is 18.4 Å². The molecule has 82 valence electrons. The Hall–Kier alpha value is -2.17. The monoisotopic (exact) mass is 220 g/mol. The van der Waals surface area contributed by atoms with Crippen LogP contribution in [0.4, 0.5) is 10.2 Å². The summed E-state index contributed by atoms with van der Waals surface area (Å²) in [5, 5.41) is 5.93. The second kappa shape index (κ2) is 4.14. The van der Waals surface area contributed by atoms with Gasteiger partial charge in [0.25, 0.3) is 5.91 Å². The van der Waals surface area contributed by atoms with Crippen LogP contribution >= 0.6 is 0 Å². The minimum Gasteiger partial charge on any atom is -0.363 e. The van der Waals surface area contributed by atoms with Crippen molar-refractivity contribution in [2.75, 3.05) is 5.32 Å². The first kappa shape index (κ1) is 10.4. The fourth-order valence-electron chi connectivity index (χ4n) is 1.28. The van der Waals surface area contributed by atoms with Crippen LogP contribution in [-0.2, 0) is 0 Å². The summed E-state index contributed by atoms with van der Waals surface area (Å²) in [5.41, 5.74) is 0.413. The molecule has 0 bridgehead atoms. The van der Waals surface area contributed by atoms with Crippen molar-refractivity contribution in [2.45, 2.75) is 6.92 Å². The Morgan fingerprint density at radius 1 is 1.44 bits per heavy atom. The summed E-state index contributed by atoms with van der Waals surface area (Å²) in [7, 11) is 0. The van der Waals surface area contributed by atoms with Gasteiger partial charge in [0.05, 0.1) is 5.56 Å². The molecule has 0 fully saturated rings. The molecule has 2 aromatic rings. The van der Waals surface area contributed by atoms with E-state index in [9.17, 15) is 9.18 Å². The van der Waals surface area contributed by atoms with E-state index >= 15 is 0 Å². The minimum absolute atomic E-state index is 0.0111. The van der Waals surface area contributed by atoms with Crippen molar-refractivity contribution in [3.05, 3.63) is 47.5 Å². The summed E-state index contributed by atoms with van der Waals surface area (Å²) < 4.78 is 18.1. The largest absolute Gasteiger partial charge is 0.363 e. The lowest BCUT2D eigenvalue weighted by molar-refractivity contribution is 0.102. The molecule has 0 unspecified atom stereocenters. The van der Waals surface area contributed by atoms with Gasteiger partial charge in [-0.15, -0.1) is 0 Å². The lowest BCUT2D eigenvalue weighted by atomic mass is 10.1. The van der Waals surface area contributed by atoms with Crippen LogP contribution in [0.2, 0.25) is 0 Å². The summed E-state index contributed by atoms with van der Waals surface area (Å²) in [6.07, 6.45) is 1.32. The van der Waals surface area contributed by atoms with E-state index in [-0.39, 0.29) is 11.4 Å². The number of carbonyl (C=O) groups is 1. The van der Waals surface area contributed by atoms with Crippen LogP contribution in [0, 0.1) is 12.7 Å². The van der Waals surface area contributed by atoms with E-state index in [0.29, 0.717) is 5.56 Å². The van der Waals surface area contributed by atoms with Gasteiger partial charge in [-0.05, 0) is 18.6 Å². The first-order valence-corrected chi connectivity index (χ1v) is 4.65. The molecule has 0 atom stereocenters. The molecule has 0 saturated carbocycles. The van der Waals surface area contributed by atoms with Crippen LogP contribution in [0.3, 0.4) is 0 Å². The van der Waals surface area contributed by atoms with Crippen molar-refractivity contribution in [3.8, 4) is 0 Å². The SMILES string of the molecule is Cc1cccc(C(=O)Nc2ccon2)c1F. The molecule has 4 nitrogen and oxygen atoms in total. The summed E-state index contributed by atoms with van der Waals surface area (Å²) in [5.74, 6) is -0.815. The van der Waals surface area contributed by atoms with Gasteiger partial charge in [0.1, 0.15) is 12.1 Å². The number of aryl methyl sites for hydroxylation is 1. The van der Waals surface area contributed by atoms with E-state index < -0.39 is 11.7 Å². The lowest BCUT2D eigenvalue weighted by Gasteiger charge is -2.04. The van der Waals surface area contributed by atoms with E-state index in [4.69, 9.17) is 0 Å². The van der Waals surface area contributed by atoms with Gasteiger partial charge in [-0.3, -0.25) is 4.79 Å². The average molecular weight is 220 g/mol. The first-order valence-electron chi connectivity index (χ1n) is 4.65. The fourth-order valence-corrected chi connectivity index (χ4v) is 1.28. The molecule has 0 aliphatic heterocycles. The van der Waals surface area contributed by atoms with Crippen molar-refractivity contribution in [1.29, 1.82) is 0 Å². The van der Waals surface area contributed by atoms with Crippen molar-refractivity contribution in [3.63, 3.8) is 0 Å². The number of nitrogens with one attached hydrogen (secondary N) is 1. The number of hydrogen-bond donors (Lipinski definition) is 1. The van der Waals surface area contributed by atoms with Crippen molar-refractivity contribution < 1.29 is 13.7 Å². The normalized spacial score (nSPS) is 10.1. The van der Waals surface area contributed by atoms with Crippen molar-refractivity contribution in [1.82, 2.24) is 5.16 Å². The Morgan fingerprint density at radius 3 is 2.94 bits per heavy atom. The van der Waals surface area contributed by atoms with Gasteiger partial charge in [0.2, 0.25) is 0 Å². The van der Waals surface area contributed by atoms with Gasteiger partial charge in [0.15, 0.2) is 5.82 Å². The predicted molar refractivity (Wildman–Crippen MR) is 55.6 cm³/mol. The highest BCUT2D eigenvalue weighted by Crippen LogP contribution is 2.13. The maximum atomic E-state index is 13.6. The zero-order valence-corrected chi connectivity index (χ0v) is 8.53. The van der Waals surface area contributed by atoms with Gasteiger partial charge in [0, 0.05) is 6.07 Å². The van der Waals surface area contributed by atoms with E-state index in [0.717, 1.165) is 0 Å². The van der Waals surface area contributed by atoms with Crippen LogP contribution < -0.4 is 5.32 Å². The number of carbonyl (C=O) groups excluding carboxylic acids is 1. The molecule has 1 aromatic carbocycles. The van der Waals surface area contributed by atoms with Crippen molar-refractivity contribution >= 4 is 11.7 Å². The molecular weight excluding hydrogens is 211 g/mol. The zero-order valence-electron chi connectivity index (χ0n) is 8.53.